The number of anilines is 1. The highest BCUT2D eigenvalue weighted by Crippen LogP contribution is 2.56. The Morgan fingerprint density at radius 3 is 2.24 bits per heavy atom. The molecule has 2 amide bonds. The van der Waals surface area contributed by atoms with Crippen molar-refractivity contribution >= 4 is 40.2 Å². The number of nitrogens with zero attached hydrogens (tertiary/aromatic N) is 2. The van der Waals surface area contributed by atoms with E-state index < -0.39 is 24.2 Å². The van der Waals surface area contributed by atoms with E-state index in [9.17, 15) is 23.6 Å². The second-order valence-corrected chi connectivity index (χ2v) is 11.5. The highest BCUT2D eigenvalue weighted by atomic mass is 19.1. The topological polar surface area (TPSA) is 93.6 Å². The zero-order valence-electron chi connectivity index (χ0n) is 22.9. The van der Waals surface area contributed by atoms with Crippen LogP contribution >= 0.6 is 0 Å². The van der Waals surface area contributed by atoms with E-state index in [-0.39, 0.29) is 34.8 Å². The molecule has 3 aromatic carbocycles. The van der Waals surface area contributed by atoms with E-state index in [1.54, 1.807) is 30.3 Å². The Bertz CT molecular complexity index is 1750. The fourth-order valence-corrected chi connectivity index (χ4v) is 7.03. The van der Waals surface area contributed by atoms with Crippen LogP contribution in [0.3, 0.4) is 0 Å². The van der Waals surface area contributed by atoms with Crippen molar-refractivity contribution in [2.75, 3.05) is 11.5 Å². The van der Waals surface area contributed by atoms with Gasteiger partial charge in [0.2, 0.25) is 11.8 Å². The monoisotopic (exact) mass is 562 g/mol. The van der Waals surface area contributed by atoms with Gasteiger partial charge in [-0.2, -0.15) is 0 Å². The molecule has 7 nitrogen and oxygen atoms in total. The van der Waals surface area contributed by atoms with Gasteiger partial charge >= 0.3 is 5.97 Å². The Labute approximate surface area is 241 Å². The Morgan fingerprint density at radius 2 is 1.57 bits per heavy atom. The van der Waals surface area contributed by atoms with Crippen molar-refractivity contribution in [2.24, 2.45) is 23.7 Å². The van der Waals surface area contributed by atoms with Gasteiger partial charge in [-0.1, -0.05) is 23.8 Å². The highest BCUT2D eigenvalue weighted by molar-refractivity contribution is 6.22. The maximum atomic E-state index is 13.3. The number of rotatable bonds is 6. The number of esters is 1. The number of fused-ring (bicyclic) bond motifs is 6. The summed E-state index contributed by atoms with van der Waals surface area (Å²) in [4.78, 5) is 58.4. The molecule has 0 spiro atoms. The number of aryl methyl sites for hydroxylation is 1. The first-order chi connectivity index (χ1) is 20.3. The molecule has 7 rings (SSSR count). The second kappa shape index (κ2) is 9.98. The average Bonchev–Trinajstić information content (AvgIpc) is 3.69. The Hall–Kier alpha value is -4.72. The predicted molar refractivity (Wildman–Crippen MR) is 153 cm³/mol. The minimum absolute atomic E-state index is 0.0932. The molecule has 2 heterocycles. The smallest absolute Gasteiger partial charge is 0.339 e. The van der Waals surface area contributed by atoms with Crippen LogP contribution in [0.1, 0.15) is 45.5 Å². The number of amides is 2. The Balaban J connectivity index is 1.16. The van der Waals surface area contributed by atoms with E-state index in [1.165, 1.54) is 29.2 Å². The molecule has 1 saturated heterocycles. The highest BCUT2D eigenvalue weighted by Gasteiger charge is 2.61. The van der Waals surface area contributed by atoms with E-state index in [0.29, 0.717) is 39.7 Å². The number of carbonyl (C=O) groups is 4. The van der Waals surface area contributed by atoms with Crippen LogP contribution in [0.2, 0.25) is 0 Å². The Morgan fingerprint density at radius 1 is 0.905 bits per heavy atom. The molecule has 3 fully saturated rings. The van der Waals surface area contributed by atoms with Gasteiger partial charge in [0, 0.05) is 16.5 Å². The third kappa shape index (κ3) is 4.29. The van der Waals surface area contributed by atoms with E-state index >= 15 is 0 Å². The number of pyridine rings is 1. The van der Waals surface area contributed by atoms with E-state index in [2.05, 4.69) is 0 Å². The summed E-state index contributed by atoms with van der Waals surface area (Å²) in [5.74, 6) is -1.53. The third-order valence-corrected chi connectivity index (χ3v) is 9.03. The third-order valence-electron chi connectivity index (χ3n) is 9.03. The van der Waals surface area contributed by atoms with Crippen LogP contribution in [-0.2, 0) is 14.3 Å². The number of aromatic nitrogens is 1. The van der Waals surface area contributed by atoms with E-state index in [4.69, 9.17) is 9.72 Å². The maximum absolute atomic E-state index is 13.3. The number of carbonyl (C=O) groups excluding carboxylic acids is 4. The summed E-state index contributed by atoms with van der Waals surface area (Å²) >= 11 is 0. The molecule has 210 valence electrons. The molecule has 0 N–H and O–H groups in total. The number of ether oxygens (including phenoxy) is 1. The van der Waals surface area contributed by atoms with Crippen LogP contribution in [0.5, 0.6) is 0 Å². The molecule has 1 aliphatic heterocycles. The maximum Gasteiger partial charge on any atom is 0.339 e. The minimum Gasteiger partial charge on any atom is -0.454 e. The van der Waals surface area contributed by atoms with Crippen molar-refractivity contribution in [3.05, 3.63) is 95.3 Å². The molecular weight excluding hydrogens is 535 g/mol. The zero-order chi connectivity index (χ0) is 29.1. The van der Waals surface area contributed by atoms with Crippen molar-refractivity contribution in [1.82, 2.24) is 4.98 Å². The fraction of sp³-hybridized carbons (Fsp3) is 0.265. The summed E-state index contributed by atoms with van der Waals surface area (Å²) in [5, 5.41) is 0.587. The van der Waals surface area contributed by atoms with Gasteiger partial charge in [-0.05, 0) is 92.6 Å². The van der Waals surface area contributed by atoms with Crippen molar-refractivity contribution in [2.45, 2.75) is 26.2 Å². The lowest BCUT2D eigenvalue weighted by molar-refractivity contribution is -0.123. The minimum atomic E-state index is -0.684. The average molecular weight is 563 g/mol. The van der Waals surface area contributed by atoms with Crippen LogP contribution in [0, 0.1) is 36.4 Å². The number of imide groups is 1. The second-order valence-electron chi connectivity index (χ2n) is 11.5. The Kier molecular flexibility index (Phi) is 6.22. The summed E-state index contributed by atoms with van der Waals surface area (Å²) in [7, 11) is 0. The molecule has 42 heavy (non-hydrogen) atoms. The summed E-state index contributed by atoms with van der Waals surface area (Å²) in [6.07, 6.45) is 3.03. The lowest BCUT2D eigenvalue weighted by Crippen LogP contribution is -2.32. The summed E-state index contributed by atoms with van der Waals surface area (Å²) in [6, 6.07) is 19.3. The molecular formula is C34H27FN2O5. The molecule has 2 saturated carbocycles. The summed E-state index contributed by atoms with van der Waals surface area (Å²) in [6.45, 7) is 1.41. The van der Waals surface area contributed by atoms with Crippen LogP contribution in [0.4, 0.5) is 10.1 Å². The van der Waals surface area contributed by atoms with Crippen molar-refractivity contribution in [3.8, 4) is 11.3 Å². The molecule has 2 bridgehead atoms. The van der Waals surface area contributed by atoms with Gasteiger partial charge in [0.05, 0.1) is 34.3 Å². The number of Topliss-reactive ketones (excluding diaryl/α,β-unsaturated/α-hetero) is 1. The predicted octanol–water partition coefficient (Wildman–Crippen LogP) is 5.92. The zero-order valence-corrected chi connectivity index (χ0v) is 22.9. The molecule has 3 aliphatic rings. The number of hydrogen-bond donors (Lipinski definition) is 0. The lowest BCUT2D eigenvalue weighted by Gasteiger charge is -2.19. The van der Waals surface area contributed by atoms with Crippen molar-refractivity contribution in [3.63, 3.8) is 0 Å². The van der Waals surface area contributed by atoms with Gasteiger partial charge in [0.15, 0.2) is 12.4 Å². The van der Waals surface area contributed by atoms with Gasteiger partial charge < -0.3 is 4.74 Å². The first-order valence-electron chi connectivity index (χ1n) is 14.1. The molecule has 0 radical (unpaired) electrons. The standard InChI is InChI=1S/C34H27FN2O5/c1-18-2-13-27-25(14-18)26(34(41)42-17-29(38)20-5-9-23(35)10-6-20)16-28(36-27)19-7-11-24(12-8-19)37-32(39)30-21-3-4-22(15-21)31(30)33(37)40/h2,5-14,16,21-22,30-31H,3-4,15,17H2,1H3. The van der Waals surface area contributed by atoms with Crippen LogP contribution in [0.25, 0.3) is 22.2 Å². The molecule has 1 aromatic heterocycles. The van der Waals surface area contributed by atoms with Gasteiger partial charge in [-0.15, -0.1) is 0 Å². The number of halogens is 1. The van der Waals surface area contributed by atoms with Gasteiger partial charge in [-0.3, -0.25) is 19.3 Å². The molecule has 4 unspecified atom stereocenters. The van der Waals surface area contributed by atoms with Crippen molar-refractivity contribution < 1.29 is 28.3 Å². The van der Waals surface area contributed by atoms with Crippen LogP contribution < -0.4 is 4.90 Å². The number of ketones is 1. The van der Waals surface area contributed by atoms with E-state index in [1.807, 2.05) is 25.1 Å². The fourth-order valence-electron chi connectivity index (χ4n) is 7.03. The van der Waals surface area contributed by atoms with Crippen LogP contribution in [0.15, 0.2) is 72.8 Å². The van der Waals surface area contributed by atoms with Gasteiger partial charge in [0.1, 0.15) is 5.82 Å². The first-order valence-corrected chi connectivity index (χ1v) is 14.1. The summed E-state index contributed by atoms with van der Waals surface area (Å²) < 4.78 is 18.6. The molecule has 4 aromatic rings. The van der Waals surface area contributed by atoms with Crippen molar-refractivity contribution in [1.29, 1.82) is 0 Å². The molecule has 8 heteroatoms. The molecule has 2 aliphatic carbocycles. The quantitative estimate of drug-likeness (QED) is 0.164. The lowest BCUT2D eigenvalue weighted by atomic mass is 9.81. The largest absolute Gasteiger partial charge is 0.454 e. The number of benzene rings is 3. The molecule has 4 atom stereocenters. The number of hydrogen-bond acceptors (Lipinski definition) is 6. The van der Waals surface area contributed by atoms with Crippen LogP contribution in [-0.4, -0.2) is 35.2 Å². The van der Waals surface area contributed by atoms with Gasteiger partial charge in [-0.25, -0.2) is 14.2 Å². The summed E-state index contributed by atoms with van der Waals surface area (Å²) in [5.41, 5.74) is 3.73. The van der Waals surface area contributed by atoms with E-state index in [0.717, 1.165) is 24.8 Å². The normalized spacial score (nSPS) is 22.6. The van der Waals surface area contributed by atoms with Gasteiger partial charge in [0.25, 0.3) is 0 Å². The first kappa shape index (κ1) is 26.2. The SMILES string of the molecule is Cc1ccc2nc(-c3ccc(N4C(=O)C5C6CCC(C6)C5C4=O)cc3)cc(C(=O)OCC(=O)c3ccc(F)cc3)c2c1.